The van der Waals surface area contributed by atoms with Gasteiger partial charge in [0.05, 0.1) is 18.6 Å². The van der Waals surface area contributed by atoms with E-state index in [4.69, 9.17) is 5.73 Å². The van der Waals surface area contributed by atoms with Crippen molar-refractivity contribution in [1.82, 2.24) is 24.7 Å². The van der Waals surface area contributed by atoms with Gasteiger partial charge in [0.2, 0.25) is 0 Å². The Morgan fingerprint density at radius 3 is 2.60 bits per heavy atom. The lowest BCUT2D eigenvalue weighted by Gasteiger charge is -2.07. The molecule has 3 aromatic heterocycles. The molecule has 0 saturated carbocycles. The first-order valence-electron chi connectivity index (χ1n) is 6.81. The van der Waals surface area contributed by atoms with Gasteiger partial charge in [0, 0.05) is 0 Å². The summed E-state index contributed by atoms with van der Waals surface area (Å²) < 4.78 is 39.3. The Labute approximate surface area is 138 Å². The summed E-state index contributed by atoms with van der Waals surface area (Å²) in [5, 5.41) is 6.36. The normalized spacial score (nSPS) is 11.3. The Kier molecular flexibility index (Phi) is 4.05. The van der Waals surface area contributed by atoms with E-state index in [0.29, 0.717) is 5.69 Å². The summed E-state index contributed by atoms with van der Waals surface area (Å²) in [6, 6.07) is 3.04. The summed E-state index contributed by atoms with van der Waals surface area (Å²) in [6.45, 7) is 0. The molecular formula is C14H10F3N7O. The zero-order chi connectivity index (χ0) is 18.0. The highest BCUT2D eigenvalue weighted by molar-refractivity contribution is 6.04. The van der Waals surface area contributed by atoms with Gasteiger partial charge in [-0.2, -0.15) is 13.2 Å². The van der Waals surface area contributed by atoms with Crippen molar-refractivity contribution in [3.63, 3.8) is 0 Å². The molecule has 0 atom stereocenters. The van der Waals surface area contributed by atoms with Crippen molar-refractivity contribution in [2.75, 3.05) is 11.1 Å². The van der Waals surface area contributed by atoms with Crippen LogP contribution < -0.4 is 11.1 Å². The highest BCUT2D eigenvalue weighted by atomic mass is 19.4. The molecule has 0 aliphatic carbocycles. The fraction of sp³-hybridized carbons (Fsp3) is 0.0714. The second-order valence-electron chi connectivity index (χ2n) is 4.83. The Hall–Kier alpha value is -3.50. The van der Waals surface area contributed by atoms with Crippen molar-refractivity contribution < 1.29 is 18.0 Å². The molecule has 0 unspecified atom stereocenters. The number of rotatable bonds is 3. The molecule has 3 rings (SSSR count). The zero-order valence-electron chi connectivity index (χ0n) is 12.4. The SMILES string of the molecule is Nc1nn(-c2cncnc2)cc1NC(=O)c1cccc(C(F)(F)F)n1. The number of carbonyl (C=O) groups excluding carboxylic acids is 1. The molecule has 0 saturated heterocycles. The molecule has 0 aliphatic heterocycles. The van der Waals surface area contributed by atoms with Crippen LogP contribution in [0.1, 0.15) is 16.2 Å². The summed E-state index contributed by atoms with van der Waals surface area (Å²) in [5.41, 5.74) is 4.77. The van der Waals surface area contributed by atoms with Crippen molar-refractivity contribution in [2.24, 2.45) is 0 Å². The lowest BCUT2D eigenvalue weighted by molar-refractivity contribution is -0.141. The van der Waals surface area contributed by atoms with E-state index in [1.807, 2.05) is 0 Å². The third-order valence-corrected chi connectivity index (χ3v) is 3.07. The Balaban J connectivity index is 1.84. The van der Waals surface area contributed by atoms with Crippen LogP contribution in [0, 0.1) is 0 Å². The molecule has 0 aromatic carbocycles. The first kappa shape index (κ1) is 16.4. The van der Waals surface area contributed by atoms with Gasteiger partial charge < -0.3 is 11.1 Å². The lowest BCUT2D eigenvalue weighted by atomic mass is 10.3. The summed E-state index contributed by atoms with van der Waals surface area (Å²) >= 11 is 0. The number of carbonyl (C=O) groups is 1. The van der Waals surface area contributed by atoms with Crippen LogP contribution in [0.25, 0.3) is 5.69 Å². The molecule has 0 radical (unpaired) electrons. The fourth-order valence-electron chi connectivity index (χ4n) is 1.93. The van der Waals surface area contributed by atoms with E-state index in [1.165, 1.54) is 29.6 Å². The fourth-order valence-corrected chi connectivity index (χ4v) is 1.93. The lowest BCUT2D eigenvalue weighted by Crippen LogP contribution is -2.17. The van der Waals surface area contributed by atoms with Crippen LogP contribution in [-0.4, -0.2) is 30.6 Å². The van der Waals surface area contributed by atoms with E-state index < -0.39 is 23.5 Å². The maximum Gasteiger partial charge on any atom is 0.433 e. The van der Waals surface area contributed by atoms with Crippen molar-refractivity contribution in [1.29, 1.82) is 0 Å². The molecule has 0 fully saturated rings. The summed E-state index contributed by atoms with van der Waals surface area (Å²) in [5.74, 6) is -0.870. The van der Waals surface area contributed by atoms with Gasteiger partial charge in [0.25, 0.3) is 5.91 Å². The van der Waals surface area contributed by atoms with E-state index in [1.54, 1.807) is 0 Å². The largest absolute Gasteiger partial charge is 0.433 e. The predicted molar refractivity (Wildman–Crippen MR) is 80.8 cm³/mol. The first-order chi connectivity index (χ1) is 11.8. The monoisotopic (exact) mass is 349 g/mol. The van der Waals surface area contributed by atoms with E-state index >= 15 is 0 Å². The number of aromatic nitrogens is 5. The number of nitrogens with zero attached hydrogens (tertiary/aromatic N) is 5. The molecule has 0 spiro atoms. The number of nitrogens with one attached hydrogen (secondary N) is 1. The highest BCUT2D eigenvalue weighted by Gasteiger charge is 2.33. The molecule has 8 nitrogen and oxygen atoms in total. The van der Waals surface area contributed by atoms with E-state index in [0.717, 1.165) is 18.2 Å². The van der Waals surface area contributed by atoms with Crippen LogP contribution in [0.15, 0.2) is 43.1 Å². The van der Waals surface area contributed by atoms with Gasteiger partial charge in [-0.1, -0.05) is 6.07 Å². The number of anilines is 2. The van der Waals surface area contributed by atoms with E-state index in [-0.39, 0.29) is 11.5 Å². The van der Waals surface area contributed by atoms with Gasteiger partial charge in [-0.05, 0) is 12.1 Å². The number of nitrogen functional groups attached to an aromatic ring is 1. The topological polar surface area (TPSA) is 112 Å². The van der Waals surface area contributed by atoms with Crippen LogP contribution in [0.3, 0.4) is 0 Å². The number of nitrogens with two attached hydrogens (primary N) is 1. The predicted octanol–water partition coefficient (Wildman–Crippen LogP) is 1.91. The molecule has 3 heterocycles. The van der Waals surface area contributed by atoms with Crippen LogP contribution >= 0.6 is 0 Å². The summed E-state index contributed by atoms with van der Waals surface area (Å²) in [4.78, 5) is 23.1. The second kappa shape index (κ2) is 6.19. The molecule has 128 valence electrons. The van der Waals surface area contributed by atoms with Gasteiger partial charge in [0.1, 0.15) is 29.1 Å². The molecule has 25 heavy (non-hydrogen) atoms. The zero-order valence-corrected chi connectivity index (χ0v) is 12.4. The van der Waals surface area contributed by atoms with Crippen molar-refractivity contribution in [2.45, 2.75) is 6.18 Å². The standard InChI is InChI=1S/C14H10F3N7O/c15-14(16,17)11-3-1-2-9(21-11)13(25)22-10-6-24(23-12(10)18)8-4-19-7-20-5-8/h1-7H,(H2,18,23)(H,22,25). The van der Waals surface area contributed by atoms with Gasteiger partial charge in [-0.25, -0.2) is 19.6 Å². The summed E-state index contributed by atoms with van der Waals surface area (Å²) in [6.07, 6.45) is 1.02. The average Bonchev–Trinajstić information content (AvgIpc) is 2.96. The third-order valence-electron chi connectivity index (χ3n) is 3.07. The van der Waals surface area contributed by atoms with Gasteiger partial charge in [-0.15, -0.1) is 5.10 Å². The first-order valence-corrected chi connectivity index (χ1v) is 6.81. The Morgan fingerprint density at radius 2 is 1.92 bits per heavy atom. The molecule has 3 aromatic rings. The highest BCUT2D eigenvalue weighted by Crippen LogP contribution is 2.27. The molecule has 11 heteroatoms. The maximum atomic E-state index is 12.7. The van der Waals surface area contributed by atoms with Crippen molar-refractivity contribution >= 4 is 17.4 Å². The number of hydrogen-bond acceptors (Lipinski definition) is 6. The second-order valence-corrected chi connectivity index (χ2v) is 4.83. The number of hydrogen-bond donors (Lipinski definition) is 2. The number of amides is 1. The molecule has 0 bridgehead atoms. The van der Waals surface area contributed by atoms with Crippen molar-refractivity contribution in [3.05, 3.63) is 54.5 Å². The number of halogens is 3. The molecular weight excluding hydrogens is 339 g/mol. The molecule has 1 amide bonds. The van der Waals surface area contributed by atoms with Crippen LogP contribution in [0.5, 0.6) is 0 Å². The third kappa shape index (κ3) is 3.54. The number of alkyl halides is 3. The van der Waals surface area contributed by atoms with E-state index in [9.17, 15) is 18.0 Å². The maximum absolute atomic E-state index is 12.7. The Bertz CT molecular complexity index is 908. The van der Waals surface area contributed by atoms with E-state index in [2.05, 4.69) is 25.4 Å². The van der Waals surface area contributed by atoms with Crippen LogP contribution in [0.2, 0.25) is 0 Å². The number of pyridine rings is 1. The quantitative estimate of drug-likeness (QED) is 0.747. The van der Waals surface area contributed by atoms with Gasteiger partial charge >= 0.3 is 6.18 Å². The minimum absolute atomic E-state index is 0.0239. The van der Waals surface area contributed by atoms with Crippen LogP contribution in [-0.2, 0) is 6.18 Å². The molecule has 3 N–H and O–H groups in total. The smallest absolute Gasteiger partial charge is 0.380 e. The Morgan fingerprint density at radius 1 is 1.20 bits per heavy atom. The minimum Gasteiger partial charge on any atom is -0.380 e. The van der Waals surface area contributed by atoms with Crippen LogP contribution in [0.4, 0.5) is 24.7 Å². The minimum atomic E-state index is -4.65. The molecule has 0 aliphatic rings. The van der Waals surface area contributed by atoms with Crippen molar-refractivity contribution in [3.8, 4) is 5.69 Å². The average molecular weight is 349 g/mol. The summed E-state index contributed by atoms with van der Waals surface area (Å²) in [7, 11) is 0. The van der Waals surface area contributed by atoms with Gasteiger partial charge in [0.15, 0.2) is 5.82 Å². The van der Waals surface area contributed by atoms with Gasteiger partial charge in [-0.3, -0.25) is 4.79 Å².